The van der Waals surface area contributed by atoms with Crippen LogP contribution in [0, 0.1) is 0 Å². The molecule has 0 saturated heterocycles. The van der Waals surface area contributed by atoms with Crippen LogP contribution in [0.15, 0.2) is 27.7 Å². The van der Waals surface area contributed by atoms with Gasteiger partial charge in [0.15, 0.2) is 17.5 Å². The third-order valence-corrected chi connectivity index (χ3v) is 4.35. The van der Waals surface area contributed by atoms with Crippen LogP contribution in [-0.4, -0.2) is 37.6 Å². The highest BCUT2D eigenvalue weighted by molar-refractivity contribution is 5.79. The second-order valence-electron chi connectivity index (χ2n) is 6.22. The molecule has 8 heteroatoms. The molecule has 0 aliphatic carbocycles. The molecule has 0 amide bonds. The van der Waals surface area contributed by atoms with Crippen LogP contribution in [0.3, 0.4) is 0 Å². The molecule has 2 N–H and O–H groups in total. The van der Waals surface area contributed by atoms with Crippen molar-refractivity contribution in [2.75, 3.05) is 26.5 Å². The average Bonchev–Trinajstić information content (AvgIpc) is 3.34. The van der Waals surface area contributed by atoms with E-state index in [-0.39, 0.29) is 6.79 Å². The van der Waals surface area contributed by atoms with E-state index in [1.54, 1.807) is 0 Å². The second kappa shape index (κ2) is 9.87. The number of benzene rings is 1. The summed E-state index contributed by atoms with van der Waals surface area (Å²) in [6.45, 7) is 8.85. The topological polar surface area (TPSA) is 90.1 Å². The van der Waals surface area contributed by atoms with Gasteiger partial charge in [0.25, 0.3) is 0 Å². The summed E-state index contributed by atoms with van der Waals surface area (Å²) >= 11 is 0. The molecule has 8 nitrogen and oxygen atoms in total. The van der Waals surface area contributed by atoms with E-state index in [0.29, 0.717) is 25.4 Å². The number of nitrogens with one attached hydrogen (secondary N) is 2. The Hall–Kier alpha value is -2.90. The minimum Gasteiger partial charge on any atom is -0.492 e. The summed E-state index contributed by atoms with van der Waals surface area (Å²) in [5.41, 5.74) is 2.06. The minimum atomic E-state index is 0.258. The van der Waals surface area contributed by atoms with Crippen molar-refractivity contribution in [3.8, 4) is 17.2 Å². The molecule has 28 heavy (non-hydrogen) atoms. The molecule has 2 aromatic rings. The number of hydrogen-bond donors (Lipinski definition) is 2. The first-order chi connectivity index (χ1) is 13.7. The quantitative estimate of drug-likeness (QED) is 0.388. The minimum absolute atomic E-state index is 0.258. The van der Waals surface area contributed by atoms with Gasteiger partial charge in [-0.2, -0.15) is 0 Å². The maximum Gasteiger partial charge on any atom is 0.231 e. The summed E-state index contributed by atoms with van der Waals surface area (Å²) in [5, 5.41) is 10.7. The van der Waals surface area contributed by atoms with E-state index in [9.17, 15) is 0 Å². The molecule has 0 atom stereocenters. The largest absolute Gasteiger partial charge is 0.492 e. The van der Waals surface area contributed by atoms with Gasteiger partial charge in [0, 0.05) is 24.6 Å². The molecule has 0 spiro atoms. The predicted octanol–water partition coefficient (Wildman–Crippen LogP) is 2.66. The van der Waals surface area contributed by atoms with Crippen molar-refractivity contribution in [1.29, 1.82) is 0 Å². The number of guanidine groups is 1. The zero-order valence-electron chi connectivity index (χ0n) is 16.7. The van der Waals surface area contributed by atoms with E-state index >= 15 is 0 Å². The van der Waals surface area contributed by atoms with Crippen molar-refractivity contribution in [2.24, 2.45) is 4.99 Å². The van der Waals surface area contributed by atoms with Crippen molar-refractivity contribution in [1.82, 2.24) is 15.8 Å². The molecular formula is C20H28N4O4. The molecule has 0 bridgehead atoms. The Kier molecular flexibility index (Phi) is 7.00. The zero-order valence-corrected chi connectivity index (χ0v) is 16.7. The third-order valence-electron chi connectivity index (χ3n) is 4.35. The van der Waals surface area contributed by atoms with Gasteiger partial charge < -0.3 is 29.4 Å². The summed E-state index contributed by atoms with van der Waals surface area (Å²) in [7, 11) is 0. The van der Waals surface area contributed by atoms with Crippen molar-refractivity contribution in [3.05, 3.63) is 35.2 Å². The smallest absolute Gasteiger partial charge is 0.231 e. The van der Waals surface area contributed by atoms with E-state index in [1.807, 2.05) is 25.1 Å². The lowest BCUT2D eigenvalue weighted by atomic mass is 10.1. The highest BCUT2D eigenvalue weighted by Gasteiger charge is 2.14. The van der Waals surface area contributed by atoms with E-state index in [2.05, 4.69) is 34.6 Å². The van der Waals surface area contributed by atoms with Crippen LogP contribution in [0.1, 0.15) is 37.8 Å². The Morgan fingerprint density at radius 1 is 1.14 bits per heavy atom. The van der Waals surface area contributed by atoms with Crippen molar-refractivity contribution in [3.63, 3.8) is 0 Å². The number of aromatic nitrogens is 1. The fourth-order valence-electron chi connectivity index (χ4n) is 2.92. The summed E-state index contributed by atoms with van der Waals surface area (Å²) in [5.74, 6) is 3.86. The van der Waals surface area contributed by atoms with E-state index in [0.717, 1.165) is 53.9 Å². The van der Waals surface area contributed by atoms with Gasteiger partial charge in [-0.15, -0.1) is 0 Å². The molecular weight excluding hydrogens is 360 g/mol. The van der Waals surface area contributed by atoms with Crippen LogP contribution in [-0.2, 0) is 19.4 Å². The Bertz CT molecular complexity index is 782. The Balaban J connectivity index is 1.51. The summed E-state index contributed by atoms with van der Waals surface area (Å²) in [6, 6.07) is 5.57. The fourth-order valence-corrected chi connectivity index (χ4v) is 2.92. The molecule has 1 aromatic heterocycles. The first-order valence-corrected chi connectivity index (χ1v) is 9.76. The standard InChI is InChI=1S/C20H28N4O4/c1-4-16-15(17(5-2)28-24-16)12-23-20(21-6-3)22-9-10-25-14-7-8-18-19(11-14)27-13-26-18/h7-8,11H,4-6,9-10,12-13H2,1-3H3,(H2,21,22,23). The number of ether oxygens (including phenoxy) is 3. The Labute approximate surface area is 165 Å². The number of aryl methyl sites for hydroxylation is 2. The van der Waals surface area contributed by atoms with Crippen molar-refractivity contribution >= 4 is 5.96 Å². The number of rotatable bonds is 9. The van der Waals surface area contributed by atoms with E-state index < -0.39 is 0 Å². The molecule has 1 aromatic carbocycles. The molecule has 0 saturated carbocycles. The van der Waals surface area contributed by atoms with E-state index in [1.165, 1.54) is 0 Å². The molecule has 2 heterocycles. The highest BCUT2D eigenvalue weighted by Crippen LogP contribution is 2.34. The van der Waals surface area contributed by atoms with Crippen LogP contribution in [0.25, 0.3) is 0 Å². The number of nitrogens with zero attached hydrogens (tertiary/aromatic N) is 2. The fraction of sp³-hybridized carbons (Fsp3) is 0.500. The van der Waals surface area contributed by atoms with Crippen LogP contribution < -0.4 is 24.8 Å². The lowest BCUT2D eigenvalue weighted by Crippen LogP contribution is -2.39. The lowest BCUT2D eigenvalue weighted by Gasteiger charge is -2.12. The average molecular weight is 388 g/mol. The summed E-state index contributed by atoms with van der Waals surface area (Å²) < 4.78 is 21.8. The molecule has 3 rings (SSSR count). The SMILES string of the molecule is CCNC(=NCc1c(CC)noc1CC)NCCOc1ccc2c(c1)OCO2. The zero-order chi connectivity index (χ0) is 19.8. The molecule has 0 fully saturated rings. The molecule has 0 radical (unpaired) electrons. The maximum absolute atomic E-state index is 5.78. The Morgan fingerprint density at radius 3 is 2.79 bits per heavy atom. The normalized spacial score (nSPS) is 12.9. The summed E-state index contributed by atoms with van der Waals surface area (Å²) in [6.07, 6.45) is 1.65. The molecule has 0 unspecified atom stereocenters. The van der Waals surface area contributed by atoms with Crippen molar-refractivity contribution in [2.45, 2.75) is 40.2 Å². The van der Waals surface area contributed by atoms with Gasteiger partial charge in [-0.25, -0.2) is 4.99 Å². The van der Waals surface area contributed by atoms with Gasteiger partial charge in [0.1, 0.15) is 18.1 Å². The first kappa shape index (κ1) is 19.9. The maximum atomic E-state index is 5.78. The van der Waals surface area contributed by atoms with Gasteiger partial charge in [0.05, 0.1) is 18.8 Å². The van der Waals surface area contributed by atoms with Crippen LogP contribution in [0.2, 0.25) is 0 Å². The monoisotopic (exact) mass is 388 g/mol. The van der Waals surface area contributed by atoms with Crippen LogP contribution in [0.5, 0.6) is 17.2 Å². The second-order valence-corrected chi connectivity index (χ2v) is 6.22. The van der Waals surface area contributed by atoms with Crippen LogP contribution >= 0.6 is 0 Å². The molecule has 152 valence electrons. The summed E-state index contributed by atoms with van der Waals surface area (Å²) in [4.78, 5) is 4.67. The van der Waals surface area contributed by atoms with Crippen molar-refractivity contribution < 1.29 is 18.7 Å². The highest BCUT2D eigenvalue weighted by atomic mass is 16.7. The van der Waals surface area contributed by atoms with Gasteiger partial charge in [0.2, 0.25) is 6.79 Å². The van der Waals surface area contributed by atoms with Gasteiger partial charge in [-0.3, -0.25) is 0 Å². The van der Waals surface area contributed by atoms with E-state index in [4.69, 9.17) is 18.7 Å². The van der Waals surface area contributed by atoms with Crippen LogP contribution in [0.4, 0.5) is 0 Å². The van der Waals surface area contributed by atoms with Gasteiger partial charge in [-0.1, -0.05) is 19.0 Å². The first-order valence-electron chi connectivity index (χ1n) is 9.76. The lowest BCUT2D eigenvalue weighted by molar-refractivity contribution is 0.173. The number of fused-ring (bicyclic) bond motifs is 1. The van der Waals surface area contributed by atoms with Gasteiger partial charge >= 0.3 is 0 Å². The third kappa shape index (κ3) is 4.88. The number of hydrogen-bond acceptors (Lipinski definition) is 6. The molecule has 1 aliphatic rings. The molecule has 1 aliphatic heterocycles. The predicted molar refractivity (Wildman–Crippen MR) is 106 cm³/mol. The number of aliphatic imine (C=N–C) groups is 1. The van der Waals surface area contributed by atoms with Gasteiger partial charge in [-0.05, 0) is 25.5 Å². The Morgan fingerprint density at radius 2 is 2.00 bits per heavy atom.